The Bertz CT molecular complexity index is 674. The standard InChI is InChI=1S/C16H18ClNOS/c1-10-2-4-12(5-3-10)20-15-8-11-6-7-18-16(19)13(11)9-14(15)17/h6-10,12H,2-5H2,1H3,(H,18,19). The van der Waals surface area contributed by atoms with Gasteiger partial charge in [-0.3, -0.25) is 4.79 Å². The van der Waals surface area contributed by atoms with Gasteiger partial charge in [0.25, 0.3) is 5.56 Å². The van der Waals surface area contributed by atoms with Crippen LogP contribution >= 0.6 is 23.4 Å². The second-order valence-corrected chi connectivity index (χ2v) is 7.43. The number of nitrogens with one attached hydrogen (secondary N) is 1. The number of aromatic nitrogens is 1. The van der Waals surface area contributed by atoms with E-state index in [1.165, 1.54) is 25.7 Å². The van der Waals surface area contributed by atoms with Crippen molar-refractivity contribution in [2.24, 2.45) is 5.92 Å². The second kappa shape index (κ2) is 5.82. The quantitative estimate of drug-likeness (QED) is 0.860. The maximum Gasteiger partial charge on any atom is 0.255 e. The van der Waals surface area contributed by atoms with E-state index in [1.807, 2.05) is 17.8 Å². The molecule has 0 amide bonds. The van der Waals surface area contributed by atoms with Gasteiger partial charge >= 0.3 is 0 Å². The molecule has 1 fully saturated rings. The summed E-state index contributed by atoms with van der Waals surface area (Å²) >= 11 is 8.22. The molecular formula is C16H18ClNOS. The van der Waals surface area contributed by atoms with E-state index in [0.717, 1.165) is 16.2 Å². The summed E-state index contributed by atoms with van der Waals surface area (Å²) in [4.78, 5) is 15.5. The lowest BCUT2D eigenvalue weighted by atomic mass is 9.91. The van der Waals surface area contributed by atoms with Crippen molar-refractivity contribution in [2.75, 3.05) is 0 Å². The van der Waals surface area contributed by atoms with Crippen LogP contribution in [0.1, 0.15) is 32.6 Å². The molecule has 0 unspecified atom stereocenters. The Kier molecular flexibility index (Phi) is 4.08. The predicted molar refractivity (Wildman–Crippen MR) is 86.9 cm³/mol. The van der Waals surface area contributed by atoms with E-state index < -0.39 is 0 Å². The summed E-state index contributed by atoms with van der Waals surface area (Å²) in [6, 6.07) is 5.78. The predicted octanol–water partition coefficient (Wildman–Crippen LogP) is 4.85. The number of hydrogen-bond acceptors (Lipinski definition) is 2. The molecule has 1 heterocycles. The highest BCUT2D eigenvalue weighted by atomic mass is 35.5. The van der Waals surface area contributed by atoms with E-state index in [9.17, 15) is 4.79 Å². The van der Waals surface area contributed by atoms with Gasteiger partial charge in [-0.2, -0.15) is 0 Å². The van der Waals surface area contributed by atoms with E-state index >= 15 is 0 Å². The first-order valence-corrected chi connectivity index (χ1v) is 8.37. The van der Waals surface area contributed by atoms with Crippen LogP contribution in [0, 0.1) is 5.92 Å². The van der Waals surface area contributed by atoms with Gasteiger partial charge in [0.05, 0.1) is 5.02 Å². The third-order valence-electron chi connectivity index (χ3n) is 4.08. The Morgan fingerprint density at radius 1 is 1.25 bits per heavy atom. The van der Waals surface area contributed by atoms with E-state index in [2.05, 4.69) is 18.0 Å². The summed E-state index contributed by atoms with van der Waals surface area (Å²) in [5.74, 6) is 0.859. The summed E-state index contributed by atoms with van der Waals surface area (Å²) in [6.07, 6.45) is 6.82. The number of halogens is 1. The van der Waals surface area contributed by atoms with Crippen LogP contribution in [-0.4, -0.2) is 10.2 Å². The van der Waals surface area contributed by atoms with Crippen molar-refractivity contribution in [3.8, 4) is 0 Å². The van der Waals surface area contributed by atoms with Crippen LogP contribution in [0.2, 0.25) is 5.02 Å². The SMILES string of the molecule is CC1CCC(Sc2cc3cc[nH]c(=O)c3cc2Cl)CC1. The Labute approximate surface area is 127 Å². The number of rotatable bonds is 2. The van der Waals surface area contributed by atoms with E-state index in [1.54, 1.807) is 12.3 Å². The lowest BCUT2D eigenvalue weighted by molar-refractivity contribution is 0.393. The van der Waals surface area contributed by atoms with E-state index in [4.69, 9.17) is 11.6 Å². The molecule has 1 aromatic heterocycles. The topological polar surface area (TPSA) is 32.9 Å². The van der Waals surface area contributed by atoms with Crippen molar-refractivity contribution < 1.29 is 0 Å². The van der Waals surface area contributed by atoms with Crippen LogP contribution in [0.15, 0.2) is 34.1 Å². The molecule has 1 saturated carbocycles. The Morgan fingerprint density at radius 2 is 2.00 bits per heavy atom. The minimum absolute atomic E-state index is 0.0764. The van der Waals surface area contributed by atoms with Crippen LogP contribution in [0.3, 0.4) is 0 Å². The fourth-order valence-electron chi connectivity index (χ4n) is 2.81. The van der Waals surface area contributed by atoms with Gasteiger partial charge in [-0.05, 0) is 55.2 Å². The molecule has 0 spiro atoms. The Morgan fingerprint density at radius 3 is 2.75 bits per heavy atom. The fraction of sp³-hybridized carbons (Fsp3) is 0.438. The second-order valence-electron chi connectivity index (χ2n) is 5.68. The number of hydrogen-bond donors (Lipinski definition) is 1. The number of pyridine rings is 1. The lowest BCUT2D eigenvalue weighted by Crippen LogP contribution is -2.14. The molecule has 1 aliphatic carbocycles. The third-order valence-corrected chi connectivity index (χ3v) is 5.90. The average Bonchev–Trinajstić information content (AvgIpc) is 2.43. The molecule has 0 atom stereocenters. The van der Waals surface area contributed by atoms with Crippen molar-refractivity contribution in [3.05, 3.63) is 39.8 Å². The molecule has 1 aromatic carbocycles. The summed E-state index contributed by atoms with van der Waals surface area (Å²) in [5, 5.41) is 2.98. The lowest BCUT2D eigenvalue weighted by Gasteiger charge is -2.25. The first-order valence-electron chi connectivity index (χ1n) is 7.11. The molecule has 1 N–H and O–H groups in total. The zero-order chi connectivity index (χ0) is 14.1. The van der Waals surface area contributed by atoms with Gasteiger partial charge in [-0.25, -0.2) is 0 Å². The molecular weight excluding hydrogens is 290 g/mol. The van der Waals surface area contributed by atoms with Crippen LogP contribution < -0.4 is 5.56 Å². The van der Waals surface area contributed by atoms with Crippen LogP contribution in [0.25, 0.3) is 10.8 Å². The first-order chi connectivity index (χ1) is 9.63. The normalized spacial score (nSPS) is 23.1. The van der Waals surface area contributed by atoms with Gasteiger partial charge in [0.15, 0.2) is 0 Å². The molecule has 20 heavy (non-hydrogen) atoms. The van der Waals surface area contributed by atoms with Crippen LogP contribution in [0.4, 0.5) is 0 Å². The first kappa shape index (κ1) is 14.0. The highest BCUT2D eigenvalue weighted by molar-refractivity contribution is 8.00. The maximum absolute atomic E-state index is 11.7. The molecule has 2 aromatic rings. The third kappa shape index (κ3) is 2.89. The number of thioether (sulfide) groups is 1. The molecule has 0 aliphatic heterocycles. The molecule has 2 nitrogen and oxygen atoms in total. The van der Waals surface area contributed by atoms with Gasteiger partial charge in [-0.15, -0.1) is 11.8 Å². The largest absolute Gasteiger partial charge is 0.329 e. The van der Waals surface area contributed by atoms with Gasteiger partial charge in [-0.1, -0.05) is 18.5 Å². The summed E-state index contributed by atoms with van der Waals surface area (Å²) in [5.41, 5.74) is -0.0764. The van der Waals surface area contributed by atoms with Crippen LogP contribution in [-0.2, 0) is 0 Å². The molecule has 0 radical (unpaired) electrons. The van der Waals surface area contributed by atoms with Crippen molar-refractivity contribution in [2.45, 2.75) is 42.8 Å². The number of aromatic amines is 1. The van der Waals surface area contributed by atoms with E-state index in [-0.39, 0.29) is 5.56 Å². The summed E-state index contributed by atoms with van der Waals surface area (Å²) in [6.45, 7) is 2.33. The van der Waals surface area contributed by atoms with Crippen molar-refractivity contribution in [1.82, 2.24) is 4.98 Å². The summed E-state index contributed by atoms with van der Waals surface area (Å²) < 4.78 is 0. The van der Waals surface area contributed by atoms with Crippen molar-refractivity contribution >= 4 is 34.1 Å². The van der Waals surface area contributed by atoms with Crippen LogP contribution in [0.5, 0.6) is 0 Å². The molecule has 1 aliphatic rings. The minimum Gasteiger partial charge on any atom is -0.329 e. The zero-order valence-electron chi connectivity index (χ0n) is 11.5. The van der Waals surface area contributed by atoms with Gasteiger partial charge in [0.2, 0.25) is 0 Å². The molecule has 4 heteroatoms. The minimum atomic E-state index is -0.0764. The summed E-state index contributed by atoms with van der Waals surface area (Å²) in [7, 11) is 0. The van der Waals surface area contributed by atoms with Gasteiger partial charge in [0.1, 0.15) is 0 Å². The van der Waals surface area contributed by atoms with E-state index in [0.29, 0.717) is 15.7 Å². The monoisotopic (exact) mass is 307 g/mol. The average molecular weight is 308 g/mol. The number of H-pyrrole nitrogens is 1. The Balaban J connectivity index is 1.88. The Hall–Kier alpha value is -0.930. The maximum atomic E-state index is 11.7. The molecule has 0 bridgehead atoms. The smallest absolute Gasteiger partial charge is 0.255 e. The number of fused-ring (bicyclic) bond motifs is 1. The van der Waals surface area contributed by atoms with Crippen molar-refractivity contribution in [3.63, 3.8) is 0 Å². The van der Waals surface area contributed by atoms with Gasteiger partial charge in [0, 0.05) is 21.7 Å². The number of benzene rings is 1. The van der Waals surface area contributed by atoms with Crippen molar-refractivity contribution in [1.29, 1.82) is 0 Å². The zero-order valence-corrected chi connectivity index (χ0v) is 13.1. The highest BCUT2D eigenvalue weighted by Gasteiger charge is 2.20. The molecule has 106 valence electrons. The molecule has 3 rings (SSSR count). The highest BCUT2D eigenvalue weighted by Crippen LogP contribution is 2.39. The van der Waals surface area contributed by atoms with Gasteiger partial charge < -0.3 is 4.98 Å². The fourth-order valence-corrected chi connectivity index (χ4v) is 4.34. The molecule has 0 saturated heterocycles.